The summed E-state index contributed by atoms with van der Waals surface area (Å²) in [6.45, 7) is 2.44. The Morgan fingerprint density at radius 1 is 0.730 bits per heavy atom. The molecule has 2 aliphatic rings. The van der Waals surface area contributed by atoms with E-state index in [1.54, 1.807) is 0 Å². The number of fused-ring (bicyclic) bond motifs is 7. The normalized spacial score (nSPS) is 22.2. The second-order valence-corrected chi connectivity index (χ2v) is 11.9. The zero-order valence-corrected chi connectivity index (χ0v) is 21.2. The lowest BCUT2D eigenvalue weighted by Crippen LogP contribution is -2.13. The van der Waals surface area contributed by atoms with Crippen LogP contribution in [0.2, 0.25) is 0 Å². The van der Waals surface area contributed by atoms with Crippen molar-refractivity contribution in [3.63, 3.8) is 0 Å². The van der Waals surface area contributed by atoms with Crippen LogP contribution >= 0.6 is 11.3 Å². The summed E-state index contributed by atoms with van der Waals surface area (Å²) in [6.07, 6.45) is 3.71. The fourth-order valence-electron chi connectivity index (χ4n) is 6.73. The van der Waals surface area contributed by atoms with E-state index >= 15 is 0 Å². The van der Waals surface area contributed by atoms with E-state index in [2.05, 4.69) is 119 Å². The Kier molecular flexibility index (Phi) is 3.71. The standard InChI is InChI=1S/C33H23N3S/c1-33(26-17-27(26)33)28-18-36-31(34-35-32(36)25-9-3-2-7-22(25)28)20-15-13-19(14-16-20)21-10-6-11-24-23-8-4-5-12-29(23)37-30(21)24/h2-16,18,26-27H,17H2,1H3. The summed E-state index contributed by atoms with van der Waals surface area (Å²) >= 11 is 1.88. The minimum Gasteiger partial charge on any atom is -0.282 e. The van der Waals surface area contributed by atoms with Gasteiger partial charge in [0.15, 0.2) is 11.5 Å². The molecule has 0 aliphatic heterocycles. The fraction of sp³-hybridized carbons (Fsp3) is 0.152. The summed E-state index contributed by atoms with van der Waals surface area (Å²) in [5.41, 5.74) is 6.30. The van der Waals surface area contributed by atoms with Gasteiger partial charge in [0.2, 0.25) is 0 Å². The molecule has 0 saturated heterocycles. The minimum absolute atomic E-state index is 0.308. The Hall–Kier alpha value is -4.02. The average Bonchev–Trinajstić information content (AvgIpc) is 3.76. The molecular weight excluding hydrogens is 470 g/mol. The van der Waals surface area contributed by atoms with Gasteiger partial charge in [-0.1, -0.05) is 91.9 Å². The first kappa shape index (κ1) is 20.1. The third kappa shape index (κ3) is 2.61. The molecule has 2 unspecified atom stereocenters. The highest BCUT2D eigenvalue weighted by molar-refractivity contribution is 7.26. The molecule has 2 atom stereocenters. The Balaban J connectivity index is 1.19. The molecule has 4 heteroatoms. The molecule has 4 aromatic carbocycles. The van der Waals surface area contributed by atoms with Crippen molar-refractivity contribution >= 4 is 47.9 Å². The van der Waals surface area contributed by atoms with Gasteiger partial charge in [0.25, 0.3) is 0 Å². The second-order valence-electron chi connectivity index (χ2n) is 10.9. The van der Waals surface area contributed by atoms with Crippen LogP contribution < -0.4 is 0 Å². The van der Waals surface area contributed by atoms with Gasteiger partial charge in [-0.15, -0.1) is 21.5 Å². The Labute approximate surface area is 218 Å². The monoisotopic (exact) mass is 493 g/mol. The molecule has 0 amide bonds. The molecule has 9 rings (SSSR count). The van der Waals surface area contributed by atoms with E-state index in [9.17, 15) is 0 Å². The topological polar surface area (TPSA) is 30.2 Å². The third-order valence-electron chi connectivity index (χ3n) is 9.07. The summed E-state index contributed by atoms with van der Waals surface area (Å²) in [5, 5.41) is 14.5. The summed E-state index contributed by atoms with van der Waals surface area (Å²) in [7, 11) is 0. The number of hydrogen-bond donors (Lipinski definition) is 0. The van der Waals surface area contributed by atoms with Crippen molar-refractivity contribution in [3.8, 4) is 22.5 Å². The highest BCUT2D eigenvalue weighted by atomic mass is 32.1. The third-order valence-corrected chi connectivity index (χ3v) is 10.3. The van der Waals surface area contributed by atoms with E-state index in [4.69, 9.17) is 0 Å². The second kappa shape index (κ2) is 6.84. The van der Waals surface area contributed by atoms with Crippen LogP contribution in [-0.2, 0) is 5.41 Å². The minimum atomic E-state index is 0.308. The van der Waals surface area contributed by atoms with E-state index in [1.165, 1.54) is 54.1 Å². The van der Waals surface area contributed by atoms with Crippen molar-refractivity contribution in [1.82, 2.24) is 14.6 Å². The van der Waals surface area contributed by atoms with Crippen LogP contribution in [0.1, 0.15) is 18.9 Å². The molecule has 0 spiro atoms. The average molecular weight is 494 g/mol. The first-order chi connectivity index (χ1) is 18.2. The van der Waals surface area contributed by atoms with Gasteiger partial charge in [-0.25, -0.2) is 0 Å². The van der Waals surface area contributed by atoms with Crippen LogP contribution in [-0.4, -0.2) is 14.6 Å². The van der Waals surface area contributed by atoms with Gasteiger partial charge in [-0.2, -0.15) is 0 Å². The quantitative estimate of drug-likeness (QED) is 0.247. The zero-order valence-electron chi connectivity index (χ0n) is 20.3. The van der Waals surface area contributed by atoms with Gasteiger partial charge < -0.3 is 0 Å². The van der Waals surface area contributed by atoms with Crippen molar-refractivity contribution < 1.29 is 0 Å². The van der Waals surface area contributed by atoms with E-state index in [0.717, 1.165) is 28.9 Å². The molecule has 3 nitrogen and oxygen atoms in total. The first-order valence-electron chi connectivity index (χ1n) is 13.0. The Morgan fingerprint density at radius 2 is 1.43 bits per heavy atom. The fourth-order valence-corrected chi connectivity index (χ4v) is 7.97. The Bertz CT molecular complexity index is 2040. The molecule has 3 aromatic heterocycles. The molecule has 2 saturated carbocycles. The van der Waals surface area contributed by atoms with Crippen LogP contribution in [0.5, 0.6) is 0 Å². The Morgan fingerprint density at radius 3 is 2.22 bits per heavy atom. The number of rotatable bonds is 3. The van der Waals surface area contributed by atoms with E-state index in [-0.39, 0.29) is 0 Å². The van der Waals surface area contributed by atoms with Crippen LogP contribution in [0, 0.1) is 11.8 Å². The lowest BCUT2D eigenvalue weighted by Gasteiger charge is -2.20. The number of pyridine rings is 1. The summed E-state index contributed by atoms with van der Waals surface area (Å²) < 4.78 is 4.90. The summed E-state index contributed by atoms with van der Waals surface area (Å²) in [6, 6.07) is 32.9. The van der Waals surface area contributed by atoms with Crippen molar-refractivity contribution in [3.05, 3.63) is 103 Å². The van der Waals surface area contributed by atoms with Gasteiger partial charge in [0.05, 0.1) is 0 Å². The number of benzene rings is 4. The van der Waals surface area contributed by atoms with Gasteiger partial charge in [0, 0.05) is 42.7 Å². The molecule has 2 aliphatic carbocycles. The van der Waals surface area contributed by atoms with Crippen LogP contribution in [0.25, 0.3) is 59.1 Å². The molecule has 0 radical (unpaired) electrons. The van der Waals surface area contributed by atoms with E-state index in [0.29, 0.717) is 5.41 Å². The number of aromatic nitrogens is 3. The molecule has 3 heterocycles. The van der Waals surface area contributed by atoms with Crippen LogP contribution in [0.15, 0.2) is 97.2 Å². The van der Waals surface area contributed by atoms with Gasteiger partial charge in [0.1, 0.15) is 0 Å². The molecule has 37 heavy (non-hydrogen) atoms. The van der Waals surface area contributed by atoms with Crippen LogP contribution in [0.3, 0.4) is 0 Å². The molecule has 0 N–H and O–H groups in total. The van der Waals surface area contributed by atoms with E-state index in [1.807, 2.05) is 11.3 Å². The predicted octanol–water partition coefficient (Wildman–Crippen LogP) is 8.49. The van der Waals surface area contributed by atoms with Crippen molar-refractivity contribution in [1.29, 1.82) is 0 Å². The molecule has 2 fully saturated rings. The number of thiophene rings is 1. The van der Waals surface area contributed by atoms with Gasteiger partial charge in [-0.3, -0.25) is 4.40 Å². The van der Waals surface area contributed by atoms with Crippen molar-refractivity contribution in [2.75, 3.05) is 0 Å². The molecule has 0 bridgehead atoms. The maximum Gasteiger partial charge on any atom is 0.168 e. The number of hydrogen-bond acceptors (Lipinski definition) is 3. The summed E-state index contributed by atoms with van der Waals surface area (Å²) in [4.78, 5) is 0. The summed E-state index contributed by atoms with van der Waals surface area (Å²) in [5.74, 6) is 2.61. The lowest BCUT2D eigenvalue weighted by atomic mass is 9.86. The largest absolute Gasteiger partial charge is 0.282 e. The smallest absolute Gasteiger partial charge is 0.168 e. The van der Waals surface area contributed by atoms with Gasteiger partial charge >= 0.3 is 0 Å². The molecule has 176 valence electrons. The number of nitrogens with zero attached hydrogens (tertiary/aromatic N) is 3. The highest BCUT2D eigenvalue weighted by Gasteiger charge is 2.74. The highest BCUT2D eigenvalue weighted by Crippen LogP contribution is 2.78. The lowest BCUT2D eigenvalue weighted by molar-refractivity contribution is 0.564. The maximum absolute atomic E-state index is 4.69. The molecular formula is C33H23N3S. The van der Waals surface area contributed by atoms with Gasteiger partial charge in [-0.05, 0) is 46.4 Å². The van der Waals surface area contributed by atoms with E-state index < -0.39 is 0 Å². The van der Waals surface area contributed by atoms with Crippen LogP contribution in [0.4, 0.5) is 0 Å². The predicted molar refractivity (Wildman–Crippen MR) is 153 cm³/mol. The molecule has 7 aromatic rings. The SMILES string of the molecule is CC1(c2cn3c(-c4ccc(-c5cccc6c5sc5ccccc56)cc4)nnc3c3ccccc23)C2CC21. The van der Waals surface area contributed by atoms with Crippen molar-refractivity contribution in [2.45, 2.75) is 18.8 Å². The van der Waals surface area contributed by atoms with Crippen molar-refractivity contribution in [2.24, 2.45) is 11.8 Å². The first-order valence-corrected chi connectivity index (χ1v) is 13.8. The maximum atomic E-state index is 4.69. The zero-order chi connectivity index (χ0) is 24.3.